The molecule has 1 fully saturated rings. The van der Waals surface area contributed by atoms with Gasteiger partial charge in [0.2, 0.25) is 5.69 Å². The van der Waals surface area contributed by atoms with Gasteiger partial charge >= 0.3 is 5.97 Å². The Morgan fingerprint density at radius 1 is 0.697 bits per heavy atom. The van der Waals surface area contributed by atoms with Crippen molar-refractivity contribution < 1.29 is 85.2 Å². The molecule has 2 amide bonds. The van der Waals surface area contributed by atoms with Crippen LogP contribution in [0.25, 0.3) is 0 Å². The van der Waals surface area contributed by atoms with Crippen LogP contribution in [-0.2, 0) is 80.0 Å². The van der Waals surface area contributed by atoms with Crippen molar-refractivity contribution >= 4 is 75.3 Å². The Hall–Kier alpha value is -4.44. The number of benzene rings is 2. The number of allylic oxidation sites excluding steroid dienone is 4. The van der Waals surface area contributed by atoms with E-state index in [1.807, 2.05) is 57.9 Å². The molecule has 3 aliphatic rings. The molecule has 0 bridgehead atoms. The number of hydrogen-bond acceptors (Lipinski definition) is 15. The first-order chi connectivity index (χ1) is 34.5. The molecule has 0 spiro atoms. The van der Waals surface area contributed by atoms with Gasteiger partial charge in [-0.25, -0.2) is 4.79 Å². The Morgan fingerprint density at radius 3 is 1.74 bits per heavy atom. The number of imide groups is 1. The zero-order chi connectivity index (χ0) is 57.5. The van der Waals surface area contributed by atoms with Crippen molar-refractivity contribution in [1.29, 1.82) is 0 Å². The molecule has 3 heterocycles. The van der Waals surface area contributed by atoms with Crippen LogP contribution < -0.4 is 4.90 Å². The van der Waals surface area contributed by atoms with E-state index in [-0.39, 0.29) is 71.0 Å². The number of nitrogens with zero attached hydrogens (tertiary/aromatic N) is 3. The van der Waals surface area contributed by atoms with Gasteiger partial charge in [0.1, 0.15) is 0 Å². The zero-order valence-corrected chi connectivity index (χ0v) is 48.3. The minimum absolute atomic E-state index is 0.0237. The molecule has 0 radical (unpaired) electrons. The maximum absolute atomic E-state index is 12.7. The van der Waals surface area contributed by atoms with Crippen molar-refractivity contribution in [3.8, 4) is 0 Å². The number of anilines is 1. The van der Waals surface area contributed by atoms with Gasteiger partial charge in [-0.05, 0) is 143 Å². The van der Waals surface area contributed by atoms with E-state index < -0.39 is 113 Å². The number of carbonyl (C=O) groups is 3. The van der Waals surface area contributed by atoms with Crippen molar-refractivity contribution in [1.82, 2.24) is 5.06 Å². The van der Waals surface area contributed by atoms with Crippen LogP contribution in [0.3, 0.4) is 0 Å². The molecule has 4 N–H and O–H groups in total. The first kappa shape index (κ1) is 62.4. The highest BCUT2D eigenvalue weighted by molar-refractivity contribution is 7.86. The summed E-state index contributed by atoms with van der Waals surface area (Å²) in [5.74, 6) is -3.27. The molecular formula is C51H74N3O18S4+. The van der Waals surface area contributed by atoms with E-state index in [9.17, 15) is 66.3 Å². The van der Waals surface area contributed by atoms with Gasteiger partial charge in [0.15, 0.2) is 11.3 Å². The van der Waals surface area contributed by atoms with Gasteiger partial charge in [-0.2, -0.15) is 38.2 Å². The predicted octanol–water partition coefficient (Wildman–Crippen LogP) is 7.43. The Bertz CT molecular complexity index is 3140. The number of ether oxygens (including phenoxy) is 2. The highest BCUT2D eigenvalue weighted by Crippen LogP contribution is 2.55. The first-order valence-electron chi connectivity index (χ1n) is 24.9. The number of rotatable bonds is 25. The van der Waals surface area contributed by atoms with Crippen LogP contribution in [0.1, 0.15) is 151 Å². The van der Waals surface area contributed by atoms with E-state index in [1.165, 1.54) is 30.3 Å². The number of fused-ring (bicyclic) bond motifs is 2. The first-order valence-corrected chi connectivity index (χ1v) is 31.0. The summed E-state index contributed by atoms with van der Waals surface area (Å²) >= 11 is 0. The van der Waals surface area contributed by atoms with Crippen molar-refractivity contribution in [3.63, 3.8) is 0 Å². The molecule has 21 nitrogen and oxygen atoms in total. The van der Waals surface area contributed by atoms with E-state index >= 15 is 0 Å². The third-order valence-corrected chi connectivity index (χ3v) is 17.6. The second kappa shape index (κ2) is 22.4. The molecule has 25 heteroatoms. The molecular weight excluding hydrogens is 1070 g/mol. The minimum atomic E-state index is -4.78. The number of hydrogen-bond donors (Lipinski definition) is 4. The fraction of sp³-hybridized carbons (Fsp3) is 0.608. The molecule has 2 atom stereocenters. The maximum Gasteiger partial charge on any atom is 0.333 e. The normalized spacial score (nSPS) is 20.6. The van der Waals surface area contributed by atoms with Crippen molar-refractivity contribution in [2.24, 2.45) is 0 Å². The molecule has 0 saturated carbocycles. The summed E-state index contributed by atoms with van der Waals surface area (Å²) in [6.07, 6.45) is 5.70. The largest absolute Gasteiger partial charge is 0.376 e. The summed E-state index contributed by atoms with van der Waals surface area (Å²) in [6.45, 7) is 20.9. The van der Waals surface area contributed by atoms with E-state index in [2.05, 4.69) is 0 Å². The zero-order valence-electron chi connectivity index (χ0n) is 45.1. The monoisotopic (exact) mass is 1140 g/mol. The van der Waals surface area contributed by atoms with Crippen LogP contribution in [0.15, 0.2) is 70.1 Å². The van der Waals surface area contributed by atoms with Gasteiger partial charge in [-0.15, -0.1) is 5.06 Å². The van der Waals surface area contributed by atoms with Crippen LogP contribution in [0.4, 0.5) is 11.4 Å². The molecule has 1 saturated heterocycles. The van der Waals surface area contributed by atoms with E-state index in [0.717, 1.165) is 0 Å². The fourth-order valence-electron chi connectivity index (χ4n) is 10.1. The topological polar surface area (TPSA) is 306 Å². The molecule has 2 aromatic carbocycles. The van der Waals surface area contributed by atoms with Crippen molar-refractivity contribution in [2.75, 3.05) is 29.6 Å². The number of carbonyl (C=O) groups excluding carboxylic acids is 3. The molecule has 2 unspecified atom stereocenters. The summed E-state index contributed by atoms with van der Waals surface area (Å²) < 4.78 is 154. The summed E-state index contributed by atoms with van der Waals surface area (Å²) in [7, 11) is -18.4. The fourth-order valence-corrected chi connectivity index (χ4v) is 12.2. The highest BCUT2D eigenvalue weighted by Gasteiger charge is 2.53. The Labute approximate surface area is 447 Å². The van der Waals surface area contributed by atoms with Gasteiger partial charge in [0.25, 0.3) is 52.3 Å². The average Bonchev–Trinajstić information content (AvgIpc) is 3.80. The third kappa shape index (κ3) is 15.2. The van der Waals surface area contributed by atoms with Gasteiger partial charge < -0.3 is 19.2 Å². The van der Waals surface area contributed by atoms with E-state index in [0.29, 0.717) is 45.4 Å². The van der Waals surface area contributed by atoms with Crippen LogP contribution in [0.5, 0.6) is 0 Å². The summed E-state index contributed by atoms with van der Waals surface area (Å²) in [5, 5.41) is 0.476. The van der Waals surface area contributed by atoms with Gasteiger partial charge in [0.05, 0.1) is 50.9 Å². The van der Waals surface area contributed by atoms with Crippen molar-refractivity contribution in [2.45, 2.75) is 183 Å². The number of amides is 2. The summed E-state index contributed by atoms with van der Waals surface area (Å²) in [6, 6.07) is 8.27. The van der Waals surface area contributed by atoms with E-state index in [1.54, 1.807) is 52.0 Å². The summed E-state index contributed by atoms with van der Waals surface area (Å²) in [5.41, 5.74) is -2.64. The molecule has 76 heavy (non-hydrogen) atoms. The molecule has 0 aromatic heterocycles. The Balaban J connectivity index is 1.69. The maximum atomic E-state index is 12.7. The van der Waals surface area contributed by atoms with Crippen LogP contribution in [-0.4, -0.2) is 132 Å². The second-order valence-corrected chi connectivity index (χ2v) is 28.9. The molecule has 424 valence electrons. The van der Waals surface area contributed by atoms with Gasteiger partial charge in [0, 0.05) is 79.8 Å². The predicted molar refractivity (Wildman–Crippen MR) is 283 cm³/mol. The minimum Gasteiger partial charge on any atom is -0.376 e. The molecule has 3 aliphatic heterocycles. The Morgan fingerprint density at radius 2 is 1.21 bits per heavy atom. The average molecular weight is 1150 g/mol. The molecule has 0 aliphatic carbocycles. The van der Waals surface area contributed by atoms with Gasteiger partial charge in [-0.1, -0.05) is 6.08 Å². The smallest absolute Gasteiger partial charge is 0.333 e. The second-order valence-electron chi connectivity index (χ2n) is 23.0. The quantitative estimate of drug-likeness (QED) is 0.0427. The lowest BCUT2D eigenvalue weighted by atomic mass is 9.75. The van der Waals surface area contributed by atoms with Crippen molar-refractivity contribution in [3.05, 3.63) is 71.5 Å². The SMILES string of the molecule is CC(C)(C)OCCC(C)(C)N1C(=CC=CC2=[N+](C(C)(C)CCOC(C)(C)CCC(=O)ON3C(=O)CCC3=O)c3ccc(S(=O)(=O)O)cc3C2(C)CCCS(=O)(=O)O)C(C)(CCCS(=O)(=O)O)c2cc(S(=O)(=O)O)ccc21. The molecule has 2 aromatic rings. The molecule has 5 rings (SSSR count). The van der Waals surface area contributed by atoms with Crippen LogP contribution >= 0.6 is 0 Å². The standard InChI is InChI=1S/C51H73N3O18S4/c1-46(2,3)70-29-27-47(4,5)52-39-19-17-35(75(64,65)66)33-37(39)50(10,24-13-31-73(58,59)60)41(52)15-12-16-42-51(11,25-14-32-74(61,62)63)38-34-36(76(67,68)69)18-20-40(38)53(42)48(6,7)28-30-71-49(8,9)26-23-45(57)72-54-43(55)21-22-44(54)56/h12,15-20,33-34H,13-14,21-32H2,1-11H3,(H3-,58,59,60,61,62,63,64,65,66,67,68,69)/p+1. The number of hydroxylamine groups is 2. The highest BCUT2D eigenvalue weighted by atomic mass is 32.2. The third-order valence-electron chi connectivity index (χ3n) is 14.3. The van der Waals surface area contributed by atoms with Crippen LogP contribution in [0.2, 0.25) is 0 Å². The lowest BCUT2D eigenvalue weighted by Crippen LogP contribution is -2.45. The lowest BCUT2D eigenvalue weighted by Gasteiger charge is -2.41. The lowest BCUT2D eigenvalue weighted by molar-refractivity contribution is -0.525. The Kier molecular flexibility index (Phi) is 18.4. The van der Waals surface area contributed by atoms with Crippen LogP contribution in [0, 0.1) is 0 Å². The van der Waals surface area contributed by atoms with Gasteiger partial charge in [-0.3, -0.25) is 27.8 Å². The summed E-state index contributed by atoms with van der Waals surface area (Å²) in [4.78, 5) is 42.9. The van der Waals surface area contributed by atoms with E-state index in [4.69, 9.17) is 14.3 Å².